The average Bonchev–Trinajstić information content (AvgIpc) is 2.82. The molecule has 1 aliphatic heterocycles. The van der Waals surface area contributed by atoms with Crippen molar-refractivity contribution in [2.45, 2.75) is 19.4 Å². The van der Waals surface area contributed by atoms with Crippen molar-refractivity contribution in [2.75, 3.05) is 32.5 Å². The van der Waals surface area contributed by atoms with Gasteiger partial charge in [-0.2, -0.15) is 0 Å². The van der Waals surface area contributed by atoms with Gasteiger partial charge in [0.15, 0.2) is 0 Å². The molecule has 0 fully saturated rings. The van der Waals surface area contributed by atoms with Gasteiger partial charge >= 0.3 is 0 Å². The maximum Gasteiger partial charge on any atom is 0.271 e. The number of aryl methyl sites for hydroxylation is 1. The fraction of sp³-hybridized carbons (Fsp3) is 0.583. The third kappa shape index (κ3) is 3.24. The third-order valence-corrected chi connectivity index (χ3v) is 2.99. The van der Waals surface area contributed by atoms with E-state index in [1.165, 1.54) is 4.90 Å². The molecular formula is C12H19N5O2. The van der Waals surface area contributed by atoms with E-state index in [-0.39, 0.29) is 11.8 Å². The topological polar surface area (TPSA) is 79.3 Å². The number of hydrogen-bond donors (Lipinski definition) is 2. The number of fused-ring (bicyclic) bond motifs is 1. The van der Waals surface area contributed by atoms with E-state index in [1.54, 1.807) is 20.3 Å². The van der Waals surface area contributed by atoms with Crippen LogP contribution in [0, 0.1) is 0 Å². The minimum atomic E-state index is -0.241. The molecule has 104 valence electrons. The largest absolute Gasteiger partial charge is 0.356 e. The molecule has 1 aliphatic rings. The van der Waals surface area contributed by atoms with Crippen molar-refractivity contribution in [3.8, 4) is 0 Å². The molecule has 0 unspecified atom stereocenters. The Morgan fingerprint density at radius 3 is 3.00 bits per heavy atom. The van der Waals surface area contributed by atoms with Crippen molar-refractivity contribution in [3.63, 3.8) is 0 Å². The Labute approximate surface area is 112 Å². The molecule has 0 saturated heterocycles. The summed E-state index contributed by atoms with van der Waals surface area (Å²) in [5.74, 6) is 0.488. The van der Waals surface area contributed by atoms with Crippen LogP contribution in [0.15, 0.2) is 6.20 Å². The van der Waals surface area contributed by atoms with Gasteiger partial charge in [-0.3, -0.25) is 9.59 Å². The van der Waals surface area contributed by atoms with E-state index in [0.717, 1.165) is 25.5 Å². The zero-order chi connectivity index (χ0) is 13.8. The quantitative estimate of drug-likeness (QED) is 0.797. The van der Waals surface area contributed by atoms with Crippen molar-refractivity contribution in [2.24, 2.45) is 0 Å². The highest BCUT2D eigenvalue weighted by atomic mass is 16.2. The van der Waals surface area contributed by atoms with Gasteiger partial charge in [0.05, 0.1) is 0 Å². The Kier molecular flexibility index (Phi) is 4.03. The molecule has 2 N–H and O–H groups in total. The van der Waals surface area contributed by atoms with Gasteiger partial charge in [-0.1, -0.05) is 0 Å². The van der Waals surface area contributed by atoms with Gasteiger partial charge in [0, 0.05) is 46.3 Å². The lowest BCUT2D eigenvalue weighted by molar-refractivity contribution is -0.128. The van der Waals surface area contributed by atoms with Crippen LogP contribution >= 0.6 is 0 Å². The second-order valence-electron chi connectivity index (χ2n) is 4.72. The van der Waals surface area contributed by atoms with Crippen molar-refractivity contribution >= 4 is 17.8 Å². The van der Waals surface area contributed by atoms with E-state index in [9.17, 15) is 9.59 Å². The maximum atomic E-state index is 11.9. The maximum absolute atomic E-state index is 11.9. The number of carbonyl (C=O) groups is 2. The summed E-state index contributed by atoms with van der Waals surface area (Å²) < 4.78 is 1.93. The van der Waals surface area contributed by atoms with Gasteiger partial charge in [0.1, 0.15) is 5.69 Å². The number of hydrogen-bond acceptors (Lipinski definition) is 4. The van der Waals surface area contributed by atoms with Crippen LogP contribution < -0.4 is 10.6 Å². The second-order valence-corrected chi connectivity index (χ2v) is 4.72. The van der Waals surface area contributed by atoms with Gasteiger partial charge in [-0.15, -0.1) is 0 Å². The number of anilines is 1. The first-order valence-electron chi connectivity index (χ1n) is 6.37. The number of rotatable bonds is 4. The number of amides is 2. The molecule has 0 bridgehead atoms. The van der Waals surface area contributed by atoms with Crippen LogP contribution in [0.3, 0.4) is 0 Å². The number of carbonyl (C=O) groups excluding carboxylic acids is 2. The van der Waals surface area contributed by atoms with E-state index in [0.29, 0.717) is 18.7 Å². The standard InChI is InChI=1S/C12H19N5O2/c1-16(2)10(18)4-6-13-11(19)9-8-17-7-3-5-14-12(17)15-9/h8H,3-7H2,1-2H3,(H,13,19)(H,14,15). The molecule has 0 saturated carbocycles. The molecule has 7 nitrogen and oxygen atoms in total. The van der Waals surface area contributed by atoms with Crippen molar-refractivity contribution < 1.29 is 9.59 Å². The normalized spacial score (nSPS) is 13.4. The first-order valence-corrected chi connectivity index (χ1v) is 6.37. The zero-order valence-corrected chi connectivity index (χ0v) is 11.3. The molecule has 0 aromatic carbocycles. The summed E-state index contributed by atoms with van der Waals surface area (Å²) in [7, 11) is 3.39. The molecule has 1 aromatic heterocycles. The predicted molar refractivity (Wildman–Crippen MR) is 71.0 cm³/mol. The van der Waals surface area contributed by atoms with Crippen molar-refractivity contribution in [3.05, 3.63) is 11.9 Å². The number of aromatic nitrogens is 2. The van der Waals surface area contributed by atoms with Gasteiger partial charge in [0.25, 0.3) is 5.91 Å². The van der Waals surface area contributed by atoms with Crippen molar-refractivity contribution in [1.82, 2.24) is 19.8 Å². The first kappa shape index (κ1) is 13.4. The minimum Gasteiger partial charge on any atom is -0.356 e. The molecule has 1 aromatic rings. The fourth-order valence-electron chi connectivity index (χ4n) is 1.88. The minimum absolute atomic E-state index is 0.00824. The van der Waals surface area contributed by atoms with Gasteiger partial charge in [0.2, 0.25) is 11.9 Å². The SMILES string of the molecule is CN(C)C(=O)CCNC(=O)c1cn2c(n1)NCCC2. The first-order chi connectivity index (χ1) is 9.08. The predicted octanol–water partition coefficient (Wildman–Crippen LogP) is -0.0932. The summed E-state index contributed by atoms with van der Waals surface area (Å²) in [6.07, 6.45) is 3.07. The average molecular weight is 265 g/mol. The lowest BCUT2D eigenvalue weighted by atomic mass is 10.3. The lowest BCUT2D eigenvalue weighted by Gasteiger charge is -2.14. The summed E-state index contributed by atoms with van der Waals surface area (Å²) in [4.78, 5) is 29.0. The third-order valence-electron chi connectivity index (χ3n) is 2.99. The molecule has 19 heavy (non-hydrogen) atoms. The summed E-state index contributed by atoms with van der Waals surface area (Å²) in [5, 5.41) is 5.84. The Morgan fingerprint density at radius 1 is 1.53 bits per heavy atom. The van der Waals surface area contributed by atoms with Gasteiger partial charge in [-0.05, 0) is 6.42 Å². The van der Waals surface area contributed by atoms with E-state index < -0.39 is 0 Å². The molecule has 0 aliphatic carbocycles. The smallest absolute Gasteiger partial charge is 0.271 e. The van der Waals surface area contributed by atoms with Crippen LogP contribution in [0.25, 0.3) is 0 Å². The monoisotopic (exact) mass is 265 g/mol. The molecular weight excluding hydrogens is 246 g/mol. The van der Waals surface area contributed by atoms with Crippen LogP contribution in [0.1, 0.15) is 23.3 Å². The second kappa shape index (κ2) is 5.73. The summed E-state index contributed by atoms with van der Waals surface area (Å²) in [6.45, 7) is 2.09. The number of nitrogens with one attached hydrogen (secondary N) is 2. The summed E-state index contributed by atoms with van der Waals surface area (Å²) >= 11 is 0. The lowest BCUT2D eigenvalue weighted by Crippen LogP contribution is -2.30. The summed E-state index contributed by atoms with van der Waals surface area (Å²) in [6, 6.07) is 0. The number of imidazole rings is 1. The Bertz CT molecular complexity index is 457. The van der Waals surface area contributed by atoms with Gasteiger partial charge < -0.3 is 20.1 Å². The molecule has 7 heteroatoms. The Morgan fingerprint density at radius 2 is 2.32 bits per heavy atom. The van der Waals surface area contributed by atoms with E-state index in [4.69, 9.17) is 0 Å². The van der Waals surface area contributed by atoms with Crippen LogP contribution in [0.5, 0.6) is 0 Å². The molecule has 2 rings (SSSR count). The van der Waals surface area contributed by atoms with Gasteiger partial charge in [-0.25, -0.2) is 4.98 Å². The highest BCUT2D eigenvalue weighted by molar-refractivity contribution is 5.92. The molecule has 0 atom stereocenters. The van der Waals surface area contributed by atoms with E-state index in [1.807, 2.05) is 4.57 Å². The van der Waals surface area contributed by atoms with Crippen LogP contribution in [0.2, 0.25) is 0 Å². The number of nitrogens with zero attached hydrogens (tertiary/aromatic N) is 3. The molecule has 2 amide bonds. The fourth-order valence-corrected chi connectivity index (χ4v) is 1.88. The highest BCUT2D eigenvalue weighted by Crippen LogP contribution is 2.13. The van der Waals surface area contributed by atoms with Crippen LogP contribution in [-0.4, -0.2) is 53.5 Å². The molecule has 2 heterocycles. The summed E-state index contributed by atoms with van der Waals surface area (Å²) in [5.41, 5.74) is 0.390. The van der Waals surface area contributed by atoms with Crippen LogP contribution in [0.4, 0.5) is 5.95 Å². The highest BCUT2D eigenvalue weighted by Gasteiger charge is 2.16. The molecule has 0 spiro atoms. The molecule has 0 radical (unpaired) electrons. The Hall–Kier alpha value is -2.05. The van der Waals surface area contributed by atoms with Crippen molar-refractivity contribution in [1.29, 1.82) is 0 Å². The Balaban J connectivity index is 1.86. The zero-order valence-electron chi connectivity index (χ0n) is 11.3. The van der Waals surface area contributed by atoms with E-state index >= 15 is 0 Å². The van der Waals surface area contributed by atoms with Crippen LogP contribution in [-0.2, 0) is 11.3 Å². The van der Waals surface area contributed by atoms with E-state index in [2.05, 4.69) is 15.6 Å².